The van der Waals surface area contributed by atoms with Crippen LogP contribution >= 0.6 is 11.6 Å². The zero-order valence-corrected chi connectivity index (χ0v) is 18.5. The van der Waals surface area contributed by atoms with Crippen molar-refractivity contribution in [2.24, 2.45) is 0 Å². The van der Waals surface area contributed by atoms with Gasteiger partial charge in [0.1, 0.15) is 17.4 Å². The van der Waals surface area contributed by atoms with Gasteiger partial charge in [-0.25, -0.2) is 0 Å². The number of nitrogens with zero attached hydrogens (tertiary/aromatic N) is 2. The Balaban J connectivity index is 1.96. The van der Waals surface area contributed by atoms with Gasteiger partial charge in [0.25, 0.3) is 5.91 Å². The number of halogens is 1. The van der Waals surface area contributed by atoms with Crippen molar-refractivity contribution in [1.29, 1.82) is 5.26 Å². The SMILES string of the molecule is COc1cccc(NC(=O)/C(C#N)=C\c2cc3c(cc2Cl)N(C)C(C)(C)C=C3C)c1. The predicted octanol–water partition coefficient (Wildman–Crippen LogP) is 5.53. The summed E-state index contributed by atoms with van der Waals surface area (Å²) in [5.41, 5.74) is 4.16. The lowest BCUT2D eigenvalue weighted by atomic mass is 9.88. The van der Waals surface area contributed by atoms with Crippen LogP contribution in [-0.2, 0) is 4.79 Å². The highest BCUT2D eigenvalue weighted by Gasteiger charge is 2.29. The molecular formula is C24H24ClN3O2. The second-order valence-electron chi connectivity index (χ2n) is 7.79. The van der Waals surface area contributed by atoms with Crippen molar-refractivity contribution >= 4 is 40.5 Å². The van der Waals surface area contributed by atoms with Crippen LogP contribution in [0.15, 0.2) is 48.0 Å². The van der Waals surface area contributed by atoms with Crippen molar-refractivity contribution in [3.8, 4) is 11.8 Å². The fraction of sp³-hybridized carbons (Fsp3) is 0.250. The maximum Gasteiger partial charge on any atom is 0.266 e. The molecule has 1 aliphatic heterocycles. The van der Waals surface area contributed by atoms with Crippen molar-refractivity contribution < 1.29 is 9.53 Å². The molecule has 0 saturated heterocycles. The number of rotatable bonds is 4. The number of nitrogens with one attached hydrogen (secondary N) is 1. The van der Waals surface area contributed by atoms with E-state index in [0.717, 1.165) is 16.8 Å². The number of carbonyl (C=O) groups excluding carboxylic acids is 1. The van der Waals surface area contributed by atoms with Crippen LogP contribution in [0.25, 0.3) is 11.6 Å². The van der Waals surface area contributed by atoms with Crippen molar-refractivity contribution in [2.45, 2.75) is 26.3 Å². The van der Waals surface area contributed by atoms with Gasteiger partial charge in [0.2, 0.25) is 0 Å². The van der Waals surface area contributed by atoms with Crippen LogP contribution in [0, 0.1) is 11.3 Å². The minimum Gasteiger partial charge on any atom is -0.497 e. The molecule has 30 heavy (non-hydrogen) atoms. The van der Waals surface area contributed by atoms with E-state index >= 15 is 0 Å². The van der Waals surface area contributed by atoms with E-state index in [1.54, 1.807) is 31.4 Å². The number of hydrogen-bond donors (Lipinski definition) is 1. The minimum absolute atomic E-state index is 0.0363. The molecule has 0 spiro atoms. The zero-order chi connectivity index (χ0) is 22.1. The molecule has 5 nitrogen and oxygen atoms in total. The molecule has 0 saturated carbocycles. The largest absolute Gasteiger partial charge is 0.497 e. The topological polar surface area (TPSA) is 65.4 Å². The lowest BCUT2D eigenvalue weighted by molar-refractivity contribution is -0.112. The Labute approximate surface area is 182 Å². The Kier molecular flexibility index (Phi) is 5.91. The summed E-state index contributed by atoms with van der Waals surface area (Å²) in [6.45, 7) is 6.32. The summed E-state index contributed by atoms with van der Waals surface area (Å²) in [5, 5.41) is 12.8. The Morgan fingerprint density at radius 2 is 2.03 bits per heavy atom. The van der Waals surface area contributed by atoms with Gasteiger partial charge in [0, 0.05) is 35.1 Å². The number of nitriles is 1. The number of hydrogen-bond acceptors (Lipinski definition) is 4. The summed E-state index contributed by atoms with van der Waals surface area (Å²) in [4.78, 5) is 14.8. The number of carbonyl (C=O) groups is 1. The first-order valence-electron chi connectivity index (χ1n) is 9.50. The number of fused-ring (bicyclic) bond motifs is 1. The number of benzene rings is 2. The summed E-state index contributed by atoms with van der Waals surface area (Å²) in [7, 11) is 3.57. The monoisotopic (exact) mass is 421 g/mol. The quantitative estimate of drug-likeness (QED) is 0.521. The minimum atomic E-state index is -0.509. The molecule has 0 radical (unpaired) electrons. The average molecular weight is 422 g/mol. The van der Waals surface area contributed by atoms with Gasteiger partial charge in [0.05, 0.1) is 12.6 Å². The van der Waals surface area contributed by atoms with E-state index in [2.05, 4.69) is 37.1 Å². The van der Waals surface area contributed by atoms with E-state index in [0.29, 0.717) is 22.0 Å². The van der Waals surface area contributed by atoms with E-state index in [9.17, 15) is 10.1 Å². The van der Waals surface area contributed by atoms with Crippen molar-refractivity contribution in [3.05, 3.63) is 64.2 Å². The van der Waals surface area contributed by atoms with Crippen molar-refractivity contribution in [2.75, 3.05) is 24.4 Å². The van der Waals surface area contributed by atoms with Crippen LogP contribution in [0.2, 0.25) is 5.02 Å². The zero-order valence-electron chi connectivity index (χ0n) is 17.7. The molecule has 0 aliphatic carbocycles. The Morgan fingerprint density at radius 1 is 1.30 bits per heavy atom. The smallest absolute Gasteiger partial charge is 0.266 e. The van der Waals surface area contributed by atoms with Gasteiger partial charge in [-0.3, -0.25) is 4.79 Å². The number of anilines is 2. The molecule has 2 aromatic carbocycles. The summed E-state index contributed by atoms with van der Waals surface area (Å²) >= 11 is 6.52. The molecule has 154 valence electrons. The molecule has 0 atom stereocenters. The van der Waals surface area contributed by atoms with E-state index in [1.165, 1.54) is 6.08 Å². The van der Waals surface area contributed by atoms with Gasteiger partial charge >= 0.3 is 0 Å². The van der Waals surface area contributed by atoms with Gasteiger partial charge < -0.3 is 15.0 Å². The van der Waals surface area contributed by atoms with Crippen LogP contribution < -0.4 is 15.0 Å². The molecule has 0 fully saturated rings. The first kappa shape index (κ1) is 21.5. The number of amides is 1. The van der Waals surface area contributed by atoms with Crippen LogP contribution in [0.1, 0.15) is 31.9 Å². The van der Waals surface area contributed by atoms with Crippen LogP contribution in [0.4, 0.5) is 11.4 Å². The number of likely N-dealkylation sites (N-methyl/N-ethyl adjacent to an activating group) is 1. The summed E-state index contributed by atoms with van der Waals surface area (Å²) in [5.74, 6) is 0.104. The van der Waals surface area contributed by atoms with Crippen molar-refractivity contribution in [1.82, 2.24) is 0 Å². The van der Waals surface area contributed by atoms with Crippen LogP contribution in [-0.4, -0.2) is 25.6 Å². The average Bonchev–Trinajstić information content (AvgIpc) is 2.70. The van der Waals surface area contributed by atoms with Crippen molar-refractivity contribution in [3.63, 3.8) is 0 Å². The maximum absolute atomic E-state index is 12.6. The Morgan fingerprint density at radius 3 is 2.70 bits per heavy atom. The second-order valence-corrected chi connectivity index (χ2v) is 8.19. The van der Waals surface area contributed by atoms with Crippen LogP contribution in [0.5, 0.6) is 5.75 Å². The third kappa shape index (κ3) is 4.19. The number of allylic oxidation sites excluding steroid dienone is 1. The molecule has 2 aromatic rings. The molecule has 0 bridgehead atoms. The first-order valence-corrected chi connectivity index (χ1v) is 9.88. The molecule has 0 aromatic heterocycles. The normalized spacial score (nSPS) is 15.0. The van der Waals surface area contributed by atoms with Gasteiger partial charge in [-0.2, -0.15) is 5.26 Å². The Bertz CT molecular complexity index is 1110. The van der Waals surface area contributed by atoms with E-state index in [-0.39, 0.29) is 11.1 Å². The fourth-order valence-corrected chi connectivity index (χ4v) is 3.71. The second kappa shape index (κ2) is 8.25. The molecule has 1 N–H and O–H groups in total. The third-order valence-corrected chi connectivity index (χ3v) is 5.66. The highest BCUT2D eigenvalue weighted by molar-refractivity contribution is 6.32. The van der Waals surface area contributed by atoms with E-state index in [4.69, 9.17) is 16.3 Å². The van der Waals surface area contributed by atoms with Gasteiger partial charge in [0.15, 0.2) is 0 Å². The highest BCUT2D eigenvalue weighted by Crippen LogP contribution is 2.40. The summed E-state index contributed by atoms with van der Waals surface area (Å²) in [6.07, 6.45) is 3.71. The lowest BCUT2D eigenvalue weighted by Gasteiger charge is -2.40. The standard InChI is InChI=1S/C24H24ClN3O2/c1-15-13-24(2,3)28(4)22-12-21(25)16(10-20(15)22)9-17(14-26)23(29)27-18-7-6-8-19(11-18)30-5/h6-13H,1-5H3,(H,27,29)/b17-9-. The van der Waals surface area contributed by atoms with E-state index in [1.807, 2.05) is 25.2 Å². The van der Waals surface area contributed by atoms with Crippen LogP contribution in [0.3, 0.4) is 0 Å². The molecular weight excluding hydrogens is 398 g/mol. The van der Waals surface area contributed by atoms with Gasteiger partial charge in [-0.15, -0.1) is 0 Å². The third-order valence-electron chi connectivity index (χ3n) is 5.33. The highest BCUT2D eigenvalue weighted by atomic mass is 35.5. The molecule has 1 heterocycles. The predicted molar refractivity (Wildman–Crippen MR) is 123 cm³/mol. The summed E-state index contributed by atoms with van der Waals surface area (Å²) in [6, 6.07) is 12.7. The summed E-state index contributed by atoms with van der Waals surface area (Å²) < 4.78 is 5.16. The molecule has 1 aliphatic rings. The molecule has 6 heteroatoms. The molecule has 3 rings (SSSR count). The first-order chi connectivity index (χ1) is 14.2. The Hall–Kier alpha value is -3.23. The maximum atomic E-state index is 12.6. The van der Waals surface area contributed by atoms with E-state index < -0.39 is 5.91 Å². The number of ether oxygens (including phenoxy) is 1. The van der Waals surface area contributed by atoms with Gasteiger partial charge in [-0.1, -0.05) is 23.7 Å². The molecule has 0 unspecified atom stereocenters. The van der Waals surface area contributed by atoms with Gasteiger partial charge in [-0.05, 0) is 62.2 Å². The lowest BCUT2D eigenvalue weighted by Crippen LogP contribution is -2.42. The number of methoxy groups -OCH3 is 1. The molecule has 1 amide bonds. The fourth-order valence-electron chi connectivity index (χ4n) is 3.50.